The van der Waals surface area contributed by atoms with Gasteiger partial charge in [0.2, 0.25) is 0 Å². The first-order chi connectivity index (χ1) is 12.5. The summed E-state index contributed by atoms with van der Waals surface area (Å²) in [7, 11) is 0. The molecule has 1 saturated carbocycles. The number of amides is 2. The Morgan fingerprint density at radius 2 is 2.15 bits per heavy atom. The molecule has 140 valence electrons. The number of carbonyl (C=O) groups is 1. The predicted octanol–water partition coefficient (Wildman–Crippen LogP) is 3.12. The number of nitrogens with one attached hydrogen (secondary N) is 1. The topological polar surface area (TPSA) is 76.2 Å². The molecule has 2 aromatic heterocycles. The summed E-state index contributed by atoms with van der Waals surface area (Å²) in [5.74, 6) is 0.786. The van der Waals surface area contributed by atoms with E-state index in [2.05, 4.69) is 33.2 Å². The minimum atomic E-state index is 0.00722. The minimum Gasteiger partial charge on any atom is -0.361 e. The van der Waals surface area contributed by atoms with Crippen molar-refractivity contribution in [2.75, 3.05) is 13.1 Å². The highest BCUT2D eigenvalue weighted by atomic mass is 16.5. The van der Waals surface area contributed by atoms with Gasteiger partial charge in [-0.3, -0.25) is 4.68 Å². The number of hydrogen-bond acceptors (Lipinski definition) is 4. The van der Waals surface area contributed by atoms with Gasteiger partial charge in [-0.2, -0.15) is 5.10 Å². The molecule has 1 aliphatic carbocycles. The van der Waals surface area contributed by atoms with Crippen LogP contribution in [-0.4, -0.2) is 39.0 Å². The molecule has 0 radical (unpaired) electrons. The third-order valence-corrected chi connectivity index (χ3v) is 5.66. The van der Waals surface area contributed by atoms with Crippen molar-refractivity contribution in [1.82, 2.24) is 25.2 Å². The van der Waals surface area contributed by atoms with E-state index in [-0.39, 0.29) is 17.5 Å². The van der Waals surface area contributed by atoms with Gasteiger partial charge in [-0.05, 0) is 52.5 Å². The van der Waals surface area contributed by atoms with Gasteiger partial charge < -0.3 is 14.7 Å². The van der Waals surface area contributed by atoms with Crippen LogP contribution in [0.15, 0.2) is 16.7 Å². The average molecular weight is 357 g/mol. The van der Waals surface area contributed by atoms with Crippen molar-refractivity contribution in [1.29, 1.82) is 0 Å². The van der Waals surface area contributed by atoms with Gasteiger partial charge in [0, 0.05) is 36.8 Å². The third kappa shape index (κ3) is 3.34. The number of rotatable bonds is 5. The van der Waals surface area contributed by atoms with Gasteiger partial charge in [-0.15, -0.1) is 0 Å². The molecule has 1 N–H and O–H groups in total. The van der Waals surface area contributed by atoms with Crippen LogP contribution in [-0.2, 0) is 6.54 Å². The molecule has 0 bridgehead atoms. The number of hydrogen-bond donors (Lipinski definition) is 1. The van der Waals surface area contributed by atoms with Gasteiger partial charge >= 0.3 is 6.03 Å². The molecule has 2 aromatic rings. The normalized spacial score (nSPS) is 21.2. The molecular formula is C19H27N5O2. The first-order valence-corrected chi connectivity index (χ1v) is 9.45. The quantitative estimate of drug-likeness (QED) is 0.892. The van der Waals surface area contributed by atoms with Crippen LogP contribution in [0, 0.1) is 26.2 Å². The number of nitrogens with zero attached hydrogens (tertiary/aromatic N) is 4. The molecule has 26 heavy (non-hydrogen) atoms. The first-order valence-electron chi connectivity index (χ1n) is 9.45. The summed E-state index contributed by atoms with van der Waals surface area (Å²) in [5, 5.41) is 11.8. The van der Waals surface area contributed by atoms with E-state index in [9.17, 15) is 4.79 Å². The van der Waals surface area contributed by atoms with Gasteiger partial charge in [0.1, 0.15) is 11.5 Å². The smallest absolute Gasteiger partial charge is 0.317 e. The molecule has 0 aromatic carbocycles. The fraction of sp³-hybridized carbons (Fsp3) is 0.632. The molecule has 2 fully saturated rings. The zero-order valence-electron chi connectivity index (χ0n) is 15.8. The molecule has 2 aliphatic rings. The fourth-order valence-electron chi connectivity index (χ4n) is 3.94. The Morgan fingerprint density at radius 1 is 1.35 bits per heavy atom. The molecule has 4 rings (SSSR count). The lowest BCUT2D eigenvalue weighted by atomic mass is 10.1. The zero-order chi connectivity index (χ0) is 18.3. The fourth-order valence-corrected chi connectivity index (χ4v) is 3.94. The summed E-state index contributed by atoms with van der Waals surface area (Å²) in [6.45, 7) is 8.33. The number of urea groups is 1. The van der Waals surface area contributed by atoms with Gasteiger partial charge in [0.05, 0.1) is 11.7 Å². The highest BCUT2D eigenvalue weighted by Crippen LogP contribution is 2.46. The number of carbonyl (C=O) groups excluding carboxylic acids is 1. The SMILES string of the molecule is Cc1cc(C)n(CC2(CNC(=O)N3CCC[C@@H]3c3cc(C)on3)CC2)n1. The Bertz CT molecular complexity index is 805. The van der Waals surface area contributed by atoms with Crippen molar-refractivity contribution in [2.45, 2.75) is 59.0 Å². The summed E-state index contributed by atoms with van der Waals surface area (Å²) in [6.07, 6.45) is 4.21. The molecule has 0 unspecified atom stereocenters. The Balaban J connectivity index is 1.37. The van der Waals surface area contributed by atoms with Crippen molar-refractivity contribution < 1.29 is 9.32 Å². The lowest BCUT2D eigenvalue weighted by Gasteiger charge is -2.25. The number of likely N-dealkylation sites (tertiary alicyclic amines) is 1. The summed E-state index contributed by atoms with van der Waals surface area (Å²) >= 11 is 0. The van der Waals surface area contributed by atoms with E-state index in [0.29, 0.717) is 6.54 Å². The van der Waals surface area contributed by atoms with Crippen LogP contribution in [0.5, 0.6) is 0 Å². The molecule has 7 heteroatoms. The van der Waals surface area contributed by atoms with E-state index in [4.69, 9.17) is 4.52 Å². The second-order valence-electron chi connectivity index (χ2n) is 7.96. The van der Waals surface area contributed by atoms with Gasteiger partial charge in [0.15, 0.2) is 0 Å². The number of aryl methyl sites for hydroxylation is 3. The van der Waals surface area contributed by atoms with Crippen LogP contribution in [0.1, 0.15) is 54.6 Å². The Hall–Kier alpha value is -2.31. The van der Waals surface area contributed by atoms with E-state index in [0.717, 1.165) is 55.9 Å². The third-order valence-electron chi connectivity index (χ3n) is 5.66. The molecule has 7 nitrogen and oxygen atoms in total. The van der Waals surface area contributed by atoms with Gasteiger partial charge in [-0.25, -0.2) is 4.79 Å². The maximum atomic E-state index is 12.8. The zero-order valence-corrected chi connectivity index (χ0v) is 15.8. The van der Waals surface area contributed by atoms with Crippen molar-refractivity contribution in [3.8, 4) is 0 Å². The Morgan fingerprint density at radius 3 is 2.77 bits per heavy atom. The largest absolute Gasteiger partial charge is 0.361 e. The molecule has 1 atom stereocenters. The Kier molecular flexibility index (Phi) is 4.25. The lowest BCUT2D eigenvalue weighted by molar-refractivity contribution is 0.187. The summed E-state index contributed by atoms with van der Waals surface area (Å²) < 4.78 is 7.27. The van der Waals surface area contributed by atoms with Crippen molar-refractivity contribution in [3.05, 3.63) is 35.0 Å². The van der Waals surface area contributed by atoms with Crippen LogP contribution in [0.3, 0.4) is 0 Å². The standard InChI is InChI=1S/C19H27N5O2/c1-13-9-14(2)24(21-13)12-19(6-7-19)11-20-18(25)23-8-4-5-17(23)16-10-15(3)26-22-16/h9-10,17H,4-8,11-12H2,1-3H3,(H,20,25)/t17-/m1/s1. The van der Waals surface area contributed by atoms with Crippen LogP contribution in [0.2, 0.25) is 0 Å². The maximum Gasteiger partial charge on any atom is 0.317 e. The highest BCUT2D eigenvalue weighted by molar-refractivity contribution is 5.75. The lowest BCUT2D eigenvalue weighted by Crippen LogP contribution is -2.42. The summed E-state index contributed by atoms with van der Waals surface area (Å²) in [6, 6.07) is 4.07. The van der Waals surface area contributed by atoms with E-state index >= 15 is 0 Å². The first kappa shape index (κ1) is 17.1. The molecule has 1 aliphatic heterocycles. The van der Waals surface area contributed by atoms with Crippen molar-refractivity contribution in [3.63, 3.8) is 0 Å². The van der Waals surface area contributed by atoms with E-state index < -0.39 is 0 Å². The van der Waals surface area contributed by atoms with E-state index in [1.807, 2.05) is 24.8 Å². The predicted molar refractivity (Wildman–Crippen MR) is 96.7 cm³/mol. The summed E-state index contributed by atoms with van der Waals surface area (Å²) in [4.78, 5) is 14.7. The van der Waals surface area contributed by atoms with Crippen LogP contribution < -0.4 is 5.32 Å². The molecule has 3 heterocycles. The molecular weight excluding hydrogens is 330 g/mol. The number of aromatic nitrogens is 3. The van der Waals surface area contributed by atoms with Crippen LogP contribution in [0.4, 0.5) is 4.79 Å². The van der Waals surface area contributed by atoms with E-state index in [1.165, 1.54) is 5.69 Å². The molecule has 1 saturated heterocycles. The highest BCUT2D eigenvalue weighted by Gasteiger charge is 2.44. The van der Waals surface area contributed by atoms with Crippen LogP contribution >= 0.6 is 0 Å². The molecule has 0 spiro atoms. The monoisotopic (exact) mass is 357 g/mol. The maximum absolute atomic E-state index is 12.8. The van der Waals surface area contributed by atoms with E-state index in [1.54, 1.807) is 0 Å². The second-order valence-corrected chi connectivity index (χ2v) is 7.96. The summed E-state index contributed by atoms with van der Waals surface area (Å²) in [5.41, 5.74) is 3.24. The second kappa shape index (κ2) is 6.45. The molecule has 2 amide bonds. The van der Waals surface area contributed by atoms with Gasteiger partial charge in [0.25, 0.3) is 0 Å². The van der Waals surface area contributed by atoms with Crippen molar-refractivity contribution >= 4 is 6.03 Å². The van der Waals surface area contributed by atoms with Crippen molar-refractivity contribution in [2.24, 2.45) is 5.41 Å². The average Bonchev–Trinajstić information content (AvgIpc) is 2.92. The van der Waals surface area contributed by atoms with Crippen LogP contribution in [0.25, 0.3) is 0 Å². The minimum absolute atomic E-state index is 0.00722. The Labute approximate surface area is 153 Å². The van der Waals surface area contributed by atoms with Gasteiger partial charge in [-0.1, -0.05) is 5.16 Å².